The zero-order valence-electron chi connectivity index (χ0n) is 12.2. The van der Waals surface area contributed by atoms with E-state index in [0.29, 0.717) is 13.1 Å². The van der Waals surface area contributed by atoms with Crippen molar-refractivity contribution < 1.29 is 9.18 Å². The molecule has 0 bridgehead atoms. The molecule has 0 spiro atoms. The highest BCUT2D eigenvalue weighted by Crippen LogP contribution is 2.27. The molecule has 20 heavy (non-hydrogen) atoms. The highest BCUT2D eigenvalue weighted by molar-refractivity contribution is 5.78. The van der Waals surface area contributed by atoms with Gasteiger partial charge in [0.1, 0.15) is 5.82 Å². The van der Waals surface area contributed by atoms with Crippen LogP contribution in [0, 0.1) is 11.7 Å². The second-order valence-electron chi connectivity index (χ2n) is 5.48. The molecule has 0 heterocycles. The van der Waals surface area contributed by atoms with Crippen LogP contribution in [-0.2, 0) is 4.79 Å². The number of hydrogen-bond donors (Lipinski definition) is 1. The van der Waals surface area contributed by atoms with Crippen molar-refractivity contribution in [3.05, 3.63) is 35.6 Å². The number of likely N-dealkylation sites (N-methyl/N-ethyl adjacent to an activating group) is 1. The van der Waals surface area contributed by atoms with Crippen molar-refractivity contribution in [2.45, 2.75) is 32.7 Å². The summed E-state index contributed by atoms with van der Waals surface area (Å²) in [5.74, 6) is 0.624. The average Bonchev–Trinajstić information content (AvgIpc) is 3.24. The van der Waals surface area contributed by atoms with Gasteiger partial charge in [0, 0.05) is 6.54 Å². The van der Waals surface area contributed by atoms with E-state index >= 15 is 0 Å². The Hall–Kier alpha value is -1.42. The molecule has 1 fully saturated rings. The van der Waals surface area contributed by atoms with E-state index in [1.807, 2.05) is 18.7 Å². The number of amides is 1. The molecular weight excluding hydrogens is 255 g/mol. The first-order valence-electron chi connectivity index (χ1n) is 7.37. The minimum atomic E-state index is -0.249. The van der Waals surface area contributed by atoms with E-state index in [1.54, 1.807) is 12.1 Å². The molecule has 3 nitrogen and oxygen atoms in total. The van der Waals surface area contributed by atoms with Gasteiger partial charge < -0.3 is 10.2 Å². The lowest BCUT2D eigenvalue weighted by atomic mass is 10.1. The smallest absolute Gasteiger partial charge is 0.237 e. The van der Waals surface area contributed by atoms with E-state index in [4.69, 9.17) is 0 Å². The van der Waals surface area contributed by atoms with E-state index in [0.717, 1.165) is 18.0 Å². The lowest BCUT2D eigenvalue weighted by Crippen LogP contribution is -2.40. The maximum absolute atomic E-state index is 12.9. The fraction of sp³-hybridized carbons (Fsp3) is 0.562. The van der Waals surface area contributed by atoms with E-state index in [-0.39, 0.29) is 17.8 Å². The van der Waals surface area contributed by atoms with Crippen molar-refractivity contribution >= 4 is 5.91 Å². The van der Waals surface area contributed by atoms with Crippen LogP contribution in [0.5, 0.6) is 0 Å². The van der Waals surface area contributed by atoms with Crippen molar-refractivity contribution in [3.8, 4) is 0 Å². The Morgan fingerprint density at radius 1 is 1.40 bits per heavy atom. The molecule has 0 aliphatic heterocycles. The number of rotatable bonds is 7. The molecule has 0 saturated heterocycles. The summed E-state index contributed by atoms with van der Waals surface area (Å²) in [6, 6.07) is 6.34. The Kier molecular flexibility index (Phi) is 5.12. The number of carbonyl (C=O) groups is 1. The van der Waals surface area contributed by atoms with Crippen LogP contribution in [0.2, 0.25) is 0 Å². The number of nitrogens with zero attached hydrogens (tertiary/aromatic N) is 1. The highest BCUT2D eigenvalue weighted by Gasteiger charge is 2.23. The molecule has 1 saturated carbocycles. The minimum Gasteiger partial charge on any atom is -0.335 e. The van der Waals surface area contributed by atoms with Crippen LogP contribution in [0.4, 0.5) is 4.39 Å². The maximum Gasteiger partial charge on any atom is 0.237 e. The number of hydrogen-bond acceptors (Lipinski definition) is 2. The summed E-state index contributed by atoms with van der Waals surface area (Å²) >= 11 is 0. The molecule has 110 valence electrons. The first-order valence-corrected chi connectivity index (χ1v) is 7.37. The zero-order valence-corrected chi connectivity index (χ0v) is 12.2. The second-order valence-corrected chi connectivity index (χ2v) is 5.48. The topological polar surface area (TPSA) is 32.3 Å². The van der Waals surface area contributed by atoms with Crippen LogP contribution in [0.15, 0.2) is 24.3 Å². The summed E-state index contributed by atoms with van der Waals surface area (Å²) in [7, 11) is 0. The van der Waals surface area contributed by atoms with Crippen molar-refractivity contribution in [1.82, 2.24) is 10.2 Å². The van der Waals surface area contributed by atoms with Gasteiger partial charge in [-0.3, -0.25) is 4.79 Å². The highest BCUT2D eigenvalue weighted by atomic mass is 19.1. The van der Waals surface area contributed by atoms with Crippen LogP contribution >= 0.6 is 0 Å². The van der Waals surface area contributed by atoms with Gasteiger partial charge in [0.15, 0.2) is 0 Å². The van der Waals surface area contributed by atoms with E-state index in [1.165, 1.54) is 25.0 Å². The van der Waals surface area contributed by atoms with Crippen molar-refractivity contribution in [2.24, 2.45) is 5.92 Å². The molecule has 4 heteroatoms. The number of nitrogens with one attached hydrogen (secondary N) is 1. The summed E-state index contributed by atoms with van der Waals surface area (Å²) < 4.78 is 12.9. The van der Waals surface area contributed by atoms with Gasteiger partial charge in [-0.05, 0) is 56.8 Å². The standard InChI is InChI=1S/C16H23FN2O/c1-3-19(16(20)11-18-10-13-4-5-13)12(2)14-6-8-15(17)9-7-14/h6-9,12-13,18H,3-5,10-11H2,1-2H3/t12-/m1/s1. The van der Waals surface area contributed by atoms with E-state index < -0.39 is 0 Å². The predicted octanol–water partition coefficient (Wildman–Crippen LogP) is 2.73. The molecule has 0 unspecified atom stereocenters. The van der Waals surface area contributed by atoms with Gasteiger partial charge in [0.25, 0.3) is 0 Å². The van der Waals surface area contributed by atoms with Gasteiger partial charge >= 0.3 is 0 Å². The normalized spacial score (nSPS) is 15.9. The Balaban J connectivity index is 1.90. The van der Waals surface area contributed by atoms with Crippen LogP contribution in [-0.4, -0.2) is 30.4 Å². The average molecular weight is 278 g/mol. The minimum absolute atomic E-state index is 0.0316. The third kappa shape index (κ3) is 4.04. The first kappa shape index (κ1) is 15.0. The Bertz CT molecular complexity index is 442. The third-order valence-corrected chi connectivity index (χ3v) is 3.89. The first-order chi connectivity index (χ1) is 9.61. The third-order valence-electron chi connectivity index (χ3n) is 3.89. The molecule has 1 aliphatic carbocycles. The van der Waals surface area contributed by atoms with Gasteiger partial charge in [-0.1, -0.05) is 12.1 Å². The van der Waals surface area contributed by atoms with E-state index in [9.17, 15) is 9.18 Å². The molecule has 1 aromatic carbocycles. The molecule has 1 N–H and O–H groups in total. The van der Waals surface area contributed by atoms with Gasteiger partial charge in [-0.2, -0.15) is 0 Å². The fourth-order valence-electron chi connectivity index (χ4n) is 2.39. The fourth-order valence-corrected chi connectivity index (χ4v) is 2.39. The number of carbonyl (C=O) groups excluding carboxylic acids is 1. The van der Waals surface area contributed by atoms with Crippen LogP contribution in [0.25, 0.3) is 0 Å². The lowest BCUT2D eigenvalue weighted by Gasteiger charge is -2.28. The quantitative estimate of drug-likeness (QED) is 0.831. The van der Waals surface area contributed by atoms with Crippen molar-refractivity contribution in [2.75, 3.05) is 19.6 Å². The van der Waals surface area contributed by atoms with Crippen LogP contribution in [0.1, 0.15) is 38.3 Å². The summed E-state index contributed by atoms with van der Waals surface area (Å²) in [5.41, 5.74) is 0.962. The number of halogens is 1. The van der Waals surface area contributed by atoms with Crippen molar-refractivity contribution in [1.29, 1.82) is 0 Å². The molecule has 1 atom stereocenters. The van der Waals surface area contributed by atoms with Crippen LogP contribution in [0.3, 0.4) is 0 Å². The molecule has 1 aromatic rings. The maximum atomic E-state index is 12.9. The van der Waals surface area contributed by atoms with Gasteiger partial charge in [-0.15, -0.1) is 0 Å². The summed E-state index contributed by atoms with van der Waals surface area (Å²) in [6.07, 6.45) is 2.56. The molecule has 2 rings (SSSR count). The molecule has 0 radical (unpaired) electrons. The number of benzene rings is 1. The Morgan fingerprint density at radius 2 is 2.05 bits per heavy atom. The van der Waals surface area contributed by atoms with Gasteiger partial charge in [-0.25, -0.2) is 4.39 Å². The lowest BCUT2D eigenvalue weighted by molar-refractivity contribution is -0.132. The van der Waals surface area contributed by atoms with E-state index in [2.05, 4.69) is 5.32 Å². The summed E-state index contributed by atoms with van der Waals surface area (Å²) in [4.78, 5) is 14.1. The SMILES string of the molecule is CCN(C(=O)CNCC1CC1)[C@H](C)c1ccc(F)cc1. The van der Waals surface area contributed by atoms with Gasteiger partial charge in [0.05, 0.1) is 12.6 Å². The Morgan fingerprint density at radius 3 is 2.60 bits per heavy atom. The predicted molar refractivity (Wildman–Crippen MR) is 77.8 cm³/mol. The Labute approximate surface area is 120 Å². The molecule has 1 amide bonds. The molecule has 0 aromatic heterocycles. The molecular formula is C16H23FN2O. The monoisotopic (exact) mass is 278 g/mol. The molecule has 1 aliphatic rings. The van der Waals surface area contributed by atoms with Crippen LogP contribution < -0.4 is 5.32 Å². The summed E-state index contributed by atoms with van der Waals surface area (Å²) in [6.45, 7) is 5.93. The zero-order chi connectivity index (χ0) is 14.5. The van der Waals surface area contributed by atoms with Gasteiger partial charge in [0.2, 0.25) is 5.91 Å². The largest absolute Gasteiger partial charge is 0.335 e. The second kappa shape index (κ2) is 6.84. The summed E-state index contributed by atoms with van der Waals surface area (Å²) in [5, 5.41) is 3.23. The van der Waals surface area contributed by atoms with Crippen molar-refractivity contribution in [3.63, 3.8) is 0 Å².